The standard InChI is InChI=1S/C17H11N3O6/c1-24-11-4-5-13(21)12(8-11)16-18-19-17(26-16)15-6-9-2-3-10(20(22)23)7-14(9)25-15/h2-8,21H,1H3. The number of nitro groups is 1. The first-order chi connectivity index (χ1) is 12.5. The van der Waals surface area contributed by atoms with Gasteiger partial charge in [-0.2, -0.15) is 0 Å². The molecule has 0 aliphatic carbocycles. The Balaban J connectivity index is 1.74. The Labute approximate surface area is 145 Å². The van der Waals surface area contributed by atoms with Gasteiger partial charge in [0.05, 0.1) is 23.7 Å². The van der Waals surface area contributed by atoms with Crippen LogP contribution in [0.5, 0.6) is 11.5 Å². The third-order valence-corrected chi connectivity index (χ3v) is 3.78. The van der Waals surface area contributed by atoms with E-state index < -0.39 is 4.92 Å². The van der Waals surface area contributed by atoms with E-state index in [1.54, 1.807) is 24.3 Å². The maximum atomic E-state index is 10.9. The zero-order valence-corrected chi connectivity index (χ0v) is 13.4. The number of hydrogen-bond acceptors (Lipinski definition) is 8. The van der Waals surface area contributed by atoms with Crippen molar-refractivity contribution in [2.24, 2.45) is 0 Å². The summed E-state index contributed by atoms with van der Waals surface area (Å²) in [5, 5.41) is 29.3. The monoisotopic (exact) mass is 353 g/mol. The number of phenolic OH excluding ortho intramolecular Hbond substituents is 1. The van der Waals surface area contributed by atoms with Crippen molar-refractivity contribution < 1.29 is 23.6 Å². The quantitative estimate of drug-likeness (QED) is 0.434. The van der Waals surface area contributed by atoms with Crippen LogP contribution < -0.4 is 4.74 Å². The topological polar surface area (TPSA) is 125 Å². The normalized spacial score (nSPS) is 11.0. The molecule has 1 N–H and O–H groups in total. The van der Waals surface area contributed by atoms with Gasteiger partial charge in [0.1, 0.15) is 17.1 Å². The highest BCUT2D eigenvalue weighted by Crippen LogP contribution is 2.35. The highest BCUT2D eigenvalue weighted by atomic mass is 16.6. The third kappa shape index (κ3) is 2.61. The van der Waals surface area contributed by atoms with E-state index in [0.29, 0.717) is 22.3 Å². The Morgan fingerprint density at radius 2 is 1.88 bits per heavy atom. The minimum Gasteiger partial charge on any atom is -0.507 e. The first-order valence-corrected chi connectivity index (χ1v) is 7.44. The van der Waals surface area contributed by atoms with Crippen molar-refractivity contribution >= 4 is 16.7 Å². The fourth-order valence-electron chi connectivity index (χ4n) is 2.48. The molecule has 130 valence electrons. The van der Waals surface area contributed by atoms with Crippen LogP contribution in [0.25, 0.3) is 34.1 Å². The number of nitro benzene ring substituents is 1. The van der Waals surface area contributed by atoms with Crippen molar-refractivity contribution in [1.82, 2.24) is 10.2 Å². The van der Waals surface area contributed by atoms with Crippen LogP contribution in [-0.2, 0) is 0 Å². The van der Waals surface area contributed by atoms with Crippen molar-refractivity contribution in [3.8, 4) is 34.6 Å². The number of ether oxygens (including phenoxy) is 1. The van der Waals surface area contributed by atoms with Crippen molar-refractivity contribution in [2.45, 2.75) is 0 Å². The lowest BCUT2D eigenvalue weighted by Crippen LogP contribution is -1.85. The van der Waals surface area contributed by atoms with Crippen molar-refractivity contribution in [3.63, 3.8) is 0 Å². The highest BCUT2D eigenvalue weighted by Gasteiger charge is 2.18. The number of aromatic nitrogens is 2. The van der Waals surface area contributed by atoms with Crippen molar-refractivity contribution in [1.29, 1.82) is 0 Å². The second-order valence-corrected chi connectivity index (χ2v) is 5.39. The largest absolute Gasteiger partial charge is 0.507 e. The Morgan fingerprint density at radius 3 is 2.65 bits per heavy atom. The maximum Gasteiger partial charge on any atom is 0.283 e. The van der Waals surface area contributed by atoms with E-state index in [1.165, 1.54) is 25.3 Å². The second kappa shape index (κ2) is 5.88. The van der Waals surface area contributed by atoms with Gasteiger partial charge in [-0.05, 0) is 30.3 Å². The van der Waals surface area contributed by atoms with Gasteiger partial charge in [-0.3, -0.25) is 10.1 Å². The lowest BCUT2D eigenvalue weighted by atomic mass is 10.2. The summed E-state index contributed by atoms with van der Waals surface area (Å²) in [7, 11) is 1.50. The summed E-state index contributed by atoms with van der Waals surface area (Å²) in [4.78, 5) is 10.4. The molecule has 2 aromatic heterocycles. The molecule has 0 fully saturated rings. The van der Waals surface area contributed by atoms with Crippen LogP contribution in [0.1, 0.15) is 0 Å². The lowest BCUT2D eigenvalue weighted by Gasteiger charge is -2.03. The number of furan rings is 1. The molecule has 0 aliphatic heterocycles. The fourth-order valence-corrected chi connectivity index (χ4v) is 2.48. The van der Waals surface area contributed by atoms with Gasteiger partial charge < -0.3 is 18.7 Å². The van der Waals surface area contributed by atoms with Crippen LogP contribution in [-0.4, -0.2) is 27.3 Å². The molecule has 0 radical (unpaired) electrons. The van der Waals surface area contributed by atoms with Crippen LogP contribution in [0.3, 0.4) is 0 Å². The molecule has 0 atom stereocenters. The average molecular weight is 353 g/mol. The maximum absolute atomic E-state index is 10.9. The SMILES string of the molecule is COc1ccc(O)c(-c2nnc(-c3cc4ccc([N+](=O)[O-])cc4o3)o2)c1. The highest BCUT2D eigenvalue weighted by molar-refractivity contribution is 5.83. The first-order valence-electron chi connectivity index (χ1n) is 7.44. The van der Waals surface area contributed by atoms with E-state index in [2.05, 4.69) is 10.2 Å². The van der Waals surface area contributed by atoms with Crippen molar-refractivity contribution in [3.05, 3.63) is 52.6 Å². The molecule has 0 saturated carbocycles. The molecule has 0 spiro atoms. The third-order valence-electron chi connectivity index (χ3n) is 3.78. The van der Waals surface area contributed by atoms with Crippen LogP contribution in [0.2, 0.25) is 0 Å². The smallest absolute Gasteiger partial charge is 0.283 e. The van der Waals surface area contributed by atoms with Gasteiger partial charge in [-0.1, -0.05) is 0 Å². The van der Waals surface area contributed by atoms with E-state index in [0.717, 1.165) is 0 Å². The van der Waals surface area contributed by atoms with E-state index >= 15 is 0 Å². The number of hydrogen-bond donors (Lipinski definition) is 1. The number of benzene rings is 2. The molecule has 2 heterocycles. The van der Waals surface area contributed by atoms with Crippen LogP contribution in [0, 0.1) is 10.1 Å². The van der Waals surface area contributed by atoms with E-state index in [9.17, 15) is 15.2 Å². The molecule has 0 amide bonds. The Bertz CT molecular complexity index is 1130. The van der Waals surface area contributed by atoms with Crippen LogP contribution >= 0.6 is 0 Å². The van der Waals surface area contributed by atoms with E-state index in [-0.39, 0.29) is 29.0 Å². The van der Waals surface area contributed by atoms with Gasteiger partial charge in [0.15, 0.2) is 5.76 Å². The van der Waals surface area contributed by atoms with Crippen molar-refractivity contribution in [2.75, 3.05) is 7.11 Å². The average Bonchev–Trinajstić information content (AvgIpc) is 3.28. The van der Waals surface area contributed by atoms with E-state index in [1.807, 2.05) is 0 Å². The molecule has 0 bridgehead atoms. The Morgan fingerprint density at radius 1 is 1.08 bits per heavy atom. The summed E-state index contributed by atoms with van der Waals surface area (Å²) in [6, 6.07) is 10.5. The van der Waals surface area contributed by atoms with Gasteiger partial charge in [0, 0.05) is 11.5 Å². The minimum absolute atomic E-state index is 0.0405. The molecular weight excluding hydrogens is 342 g/mol. The number of nitrogens with zero attached hydrogens (tertiary/aromatic N) is 3. The summed E-state index contributed by atoms with van der Waals surface area (Å²) in [5.41, 5.74) is 0.568. The molecule has 9 heteroatoms. The molecule has 2 aromatic carbocycles. The molecular formula is C17H11N3O6. The first kappa shape index (κ1) is 15.6. The number of fused-ring (bicyclic) bond motifs is 1. The molecule has 0 saturated heterocycles. The summed E-state index contributed by atoms with van der Waals surface area (Å²) >= 11 is 0. The predicted molar refractivity (Wildman–Crippen MR) is 89.8 cm³/mol. The number of phenols is 1. The van der Waals surface area contributed by atoms with Gasteiger partial charge in [0.2, 0.25) is 0 Å². The van der Waals surface area contributed by atoms with E-state index in [4.69, 9.17) is 13.6 Å². The molecule has 26 heavy (non-hydrogen) atoms. The summed E-state index contributed by atoms with van der Waals surface area (Å²) in [6.45, 7) is 0. The molecule has 0 unspecified atom stereocenters. The molecule has 0 aliphatic rings. The summed E-state index contributed by atoms with van der Waals surface area (Å²) < 4.78 is 16.3. The minimum atomic E-state index is -0.502. The Hall–Kier alpha value is -3.88. The predicted octanol–water partition coefficient (Wildman–Crippen LogP) is 3.77. The number of non-ortho nitro benzene ring substituents is 1. The number of aromatic hydroxyl groups is 1. The zero-order chi connectivity index (χ0) is 18.3. The van der Waals surface area contributed by atoms with Gasteiger partial charge in [0.25, 0.3) is 17.5 Å². The Kier molecular flexibility index (Phi) is 3.54. The number of rotatable bonds is 4. The number of methoxy groups -OCH3 is 1. The fraction of sp³-hybridized carbons (Fsp3) is 0.0588. The van der Waals surface area contributed by atoms with Crippen LogP contribution in [0.15, 0.2) is 51.3 Å². The second-order valence-electron chi connectivity index (χ2n) is 5.39. The molecule has 4 aromatic rings. The molecule has 9 nitrogen and oxygen atoms in total. The summed E-state index contributed by atoms with van der Waals surface area (Å²) in [5.74, 6) is 0.917. The van der Waals surface area contributed by atoms with Crippen LogP contribution in [0.4, 0.5) is 5.69 Å². The zero-order valence-electron chi connectivity index (χ0n) is 13.4. The molecule has 4 rings (SSSR count). The van der Waals surface area contributed by atoms with Gasteiger partial charge in [-0.15, -0.1) is 10.2 Å². The van der Waals surface area contributed by atoms with Gasteiger partial charge in [-0.25, -0.2) is 0 Å². The lowest BCUT2D eigenvalue weighted by molar-refractivity contribution is -0.384. The van der Waals surface area contributed by atoms with Gasteiger partial charge >= 0.3 is 0 Å². The summed E-state index contributed by atoms with van der Waals surface area (Å²) in [6.07, 6.45) is 0.